The van der Waals surface area contributed by atoms with Crippen molar-refractivity contribution in [1.29, 1.82) is 0 Å². The van der Waals surface area contributed by atoms with Crippen LogP contribution in [0.25, 0.3) is 0 Å². The van der Waals surface area contributed by atoms with Crippen LogP contribution in [0.5, 0.6) is 11.5 Å². The lowest BCUT2D eigenvalue weighted by atomic mass is 10.0. The van der Waals surface area contributed by atoms with Gasteiger partial charge in [-0.2, -0.15) is 0 Å². The van der Waals surface area contributed by atoms with Crippen molar-refractivity contribution in [3.63, 3.8) is 0 Å². The number of carboxylic acids is 1. The first-order valence-corrected chi connectivity index (χ1v) is 9.07. The molecule has 0 atom stereocenters. The molecule has 1 aliphatic heterocycles. The van der Waals surface area contributed by atoms with Gasteiger partial charge in [-0.15, -0.1) is 0 Å². The molecule has 0 aromatic heterocycles. The third-order valence-corrected chi connectivity index (χ3v) is 4.24. The maximum Gasteiger partial charge on any atom is 0.322 e. The molecule has 2 amide bonds. The predicted octanol–water partition coefficient (Wildman–Crippen LogP) is 2.23. The molecule has 0 radical (unpaired) electrons. The van der Waals surface area contributed by atoms with Crippen LogP contribution in [0.15, 0.2) is 42.5 Å². The Bertz CT molecular complexity index is 937. The molecule has 0 unspecified atom stereocenters. The minimum atomic E-state index is -1.12. The highest BCUT2D eigenvalue weighted by molar-refractivity contribution is 5.97. The molecule has 1 heterocycles. The van der Waals surface area contributed by atoms with E-state index in [2.05, 4.69) is 10.6 Å². The molecule has 0 aliphatic carbocycles. The molecule has 8 heteroatoms. The number of ether oxygens (including phenoxy) is 2. The Morgan fingerprint density at radius 1 is 1.14 bits per heavy atom. The standard InChI is InChI=1S/C21H22N2O6/c1-21(2)10-14-4-3-5-16(19(14)29-21)28-12-17(24)23-15-8-6-13(7-9-15)20(27)22-11-18(25)26/h3-9H,10-12H2,1-2H3,(H,22,27)(H,23,24)(H,25,26). The van der Waals surface area contributed by atoms with E-state index < -0.39 is 18.4 Å². The monoisotopic (exact) mass is 398 g/mol. The molecule has 2 aromatic rings. The van der Waals surface area contributed by atoms with Crippen LogP contribution in [0.4, 0.5) is 5.69 Å². The minimum absolute atomic E-state index is 0.193. The molecular weight excluding hydrogens is 376 g/mol. The van der Waals surface area contributed by atoms with Crippen LogP contribution in [-0.2, 0) is 16.0 Å². The van der Waals surface area contributed by atoms with Crippen molar-refractivity contribution in [3.05, 3.63) is 53.6 Å². The minimum Gasteiger partial charge on any atom is -0.483 e. The van der Waals surface area contributed by atoms with Crippen molar-refractivity contribution in [3.8, 4) is 11.5 Å². The van der Waals surface area contributed by atoms with Gasteiger partial charge in [0, 0.05) is 23.2 Å². The van der Waals surface area contributed by atoms with Crippen molar-refractivity contribution >= 4 is 23.5 Å². The lowest BCUT2D eigenvalue weighted by molar-refractivity contribution is -0.135. The molecule has 1 aliphatic rings. The first kappa shape index (κ1) is 20.2. The zero-order valence-electron chi connectivity index (χ0n) is 16.2. The summed E-state index contributed by atoms with van der Waals surface area (Å²) < 4.78 is 11.6. The molecule has 8 nitrogen and oxygen atoms in total. The smallest absolute Gasteiger partial charge is 0.322 e. The van der Waals surface area contributed by atoms with E-state index in [9.17, 15) is 14.4 Å². The molecular formula is C21H22N2O6. The number of hydrogen-bond acceptors (Lipinski definition) is 5. The number of amides is 2. The second-order valence-electron chi connectivity index (χ2n) is 7.27. The highest BCUT2D eigenvalue weighted by Gasteiger charge is 2.32. The summed E-state index contributed by atoms with van der Waals surface area (Å²) in [6, 6.07) is 11.7. The van der Waals surface area contributed by atoms with Gasteiger partial charge in [-0.25, -0.2) is 0 Å². The number of anilines is 1. The molecule has 3 rings (SSSR count). The molecule has 2 aromatic carbocycles. The van der Waals surface area contributed by atoms with E-state index in [0.29, 0.717) is 22.7 Å². The Morgan fingerprint density at radius 3 is 2.55 bits per heavy atom. The number of benzene rings is 2. The van der Waals surface area contributed by atoms with E-state index in [4.69, 9.17) is 14.6 Å². The molecule has 29 heavy (non-hydrogen) atoms. The van der Waals surface area contributed by atoms with Gasteiger partial charge >= 0.3 is 5.97 Å². The first-order valence-electron chi connectivity index (χ1n) is 9.07. The van der Waals surface area contributed by atoms with Crippen molar-refractivity contribution < 1.29 is 29.0 Å². The van der Waals surface area contributed by atoms with E-state index >= 15 is 0 Å². The lowest BCUT2D eigenvalue weighted by Crippen LogP contribution is -2.29. The number of carboxylic acid groups (broad SMARTS) is 1. The van der Waals surface area contributed by atoms with Gasteiger partial charge in [0.25, 0.3) is 11.8 Å². The van der Waals surface area contributed by atoms with E-state index in [-0.39, 0.29) is 18.1 Å². The maximum absolute atomic E-state index is 12.2. The van der Waals surface area contributed by atoms with Crippen LogP contribution < -0.4 is 20.1 Å². The zero-order valence-corrected chi connectivity index (χ0v) is 16.2. The topological polar surface area (TPSA) is 114 Å². The average Bonchev–Trinajstić information content (AvgIpc) is 2.99. The Balaban J connectivity index is 1.54. The molecule has 152 valence electrons. The van der Waals surface area contributed by atoms with Crippen LogP contribution in [-0.4, -0.2) is 41.6 Å². The van der Waals surface area contributed by atoms with Crippen molar-refractivity contribution in [1.82, 2.24) is 5.32 Å². The van der Waals surface area contributed by atoms with E-state index in [0.717, 1.165) is 12.0 Å². The van der Waals surface area contributed by atoms with Gasteiger partial charge in [0.2, 0.25) is 0 Å². The fourth-order valence-electron chi connectivity index (χ4n) is 3.00. The van der Waals surface area contributed by atoms with Crippen LogP contribution in [0.3, 0.4) is 0 Å². The van der Waals surface area contributed by atoms with E-state index in [1.54, 1.807) is 18.2 Å². The molecule has 3 N–H and O–H groups in total. The average molecular weight is 398 g/mol. The summed E-state index contributed by atoms with van der Waals surface area (Å²) in [5.74, 6) is -0.798. The summed E-state index contributed by atoms with van der Waals surface area (Å²) in [4.78, 5) is 34.5. The molecule has 0 saturated heterocycles. The van der Waals surface area contributed by atoms with Crippen LogP contribution in [0.2, 0.25) is 0 Å². The molecule has 0 spiro atoms. The molecule has 0 saturated carbocycles. The summed E-state index contributed by atoms with van der Waals surface area (Å²) in [6.07, 6.45) is 0.776. The fourth-order valence-corrected chi connectivity index (χ4v) is 3.00. The number of aliphatic carboxylic acids is 1. The quantitative estimate of drug-likeness (QED) is 0.659. The van der Waals surface area contributed by atoms with Gasteiger partial charge in [-0.05, 0) is 44.2 Å². The summed E-state index contributed by atoms with van der Waals surface area (Å²) in [7, 11) is 0. The second-order valence-corrected chi connectivity index (χ2v) is 7.27. The Kier molecular flexibility index (Phi) is 5.72. The number of carbonyl (C=O) groups is 3. The van der Waals surface area contributed by atoms with Gasteiger partial charge in [0.05, 0.1) is 0 Å². The molecule has 0 fully saturated rings. The highest BCUT2D eigenvalue weighted by atomic mass is 16.5. The number of fused-ring (bicyclic) bond motifs is 1. The van der Waals surface area contributed by atoms with Gasteiger partial charge in [0.15, 0.2) is 18.1 Å². The van der Waals surface area contributed by atoms with Crippen LogP contribution in [0.1, 0.15) is 29.8 Å². The number of carbonyl (C=O) groups excluding carboxylic acids is 2. The number of para-hydroxylation sites is 1. The van der Waals surface area contributed by atoms with Crippen LogP contribution >= 0.6 is 0 Å². The normalized spacial score (nSPS) is 13.7. The van der Waals surface area contributed by atoms with E-state index in [1.165, 1.54) is 12.1 Å². The summed E-state index contributed by atoms with van der Waals surface area (Å²) in [6.45, 7) is 3.34. The first-order chi connectivity index (χ1) is 13.7. The summed E-state index contributed by atoms with van der Waals surface area (Å²) in [5, 5.41) is 13.5. The third kappa shape index (κ3) is 5.25. The molecule has 0 bridgehead atoms. The summed E-state index contributed by atoms with van der Waals surface area (Å²) in [5.41, 5.74) is 1.52. The van der Waals surface area contributed by atoms with E-state index in [1.807, 2.05) is 26.0 Å². The Morgan fingerprint density at radius 2 is 1.86 bits per heavy atom. The van der Waals surface area contributed by atoms with Crippen LogP contribution in [0, 0.1) is 0 Å². The SMILES string of the molecule is CC1(C)Cc2cccc(OCC(=O)Nc3ccc(C(=O)NCC(=O)O)cc3)c2O1. The number of rotatable bonds is 7. The van der Waals surface area contributed by atoms with Gasteiger partial charge in [-0.3, -0.25) is 14.4 Å². The maximum atomic E-state index is 12.2. The van der Waals surface area contributed by atoms with Gasteiger partial charge < -0.3 is 25.2 Å². The predicted molar refractivity (Wildman–Crippen MR) is 105 cm³/mol. The number of nitrogens with one attached hydrogen (secondary N) is 2. The zero-order chi connectivity index (χ0) is 21.0. The highest BCUT2D eigenvalue weighted by Crippen LogP contribution is 2.41. The van der Waals surface area contributed by atoms with Crippen molar-refractivity contribution in [2.75, 3.05) is 18.5 Å². The van der Waals surface area contributed by atoms with Crippen molar-refractivity contribution in [2.45, 2.75) is 25.9 Å². The fraction of sp³-hybridized carbons (Fsp3) is 0.286. The summed E-state index contributed by atoms with van der Waals surface area (Å²) >= 11 is 0. The Labute approximate surface area is 167 Å². The third-order valence-electron chi connectivity index (χ3n) is 4.24. The largest absolute Gasteiger partial charge is 0.483 e. The van der Waals surface area contributed by atoms with Crippen molar-refractivity contribution in [2.24, 2.45) is 0 Å². The lowest BCUT2D eigenvalue weighted by Gasteiger charge is -2.18. The Hall–Kier alpha value is -3.55. The van der Waals surface area contributed by atoms with Gasteiger partial charge in [-0.1, -0.05) is 12.1 Å². The number of hydrogen-bond donors (Lipinski definition) is 3. The van der Waals surface area contributed by atoms with Gasteiger partial charge in [0.1, 0.15) is 12.1 Å². The second kappa shape index (κ2) is 8.22.